The van der Waals surface area contributed by atoms with E-state index < -0.39 is 9.85 Å². The molecular weight excluding hydrogens is 498 g/mol. The third-order valence-electron chi connectivity index (χ3n) is 5.71. The average Bonchev–Trinajstić information content (AvgIpc) is 2.86. The van der Waals surface area contributed by atoms with Gasteiger partial charge in [0.05, 0.1) is 15.5 Å². The highest BCUT2D eigenvalue weighted by molar-refractivity contribution is 9.10. The van der Waals surface area contributed by atoms with Crippen LogP contribution in [0, 0.1) is 20.2 Å². The van der Waals surface area contributed by atoms with Gasteiger partial charge in [-0.3, -0.25) is 20.2 Å². The quantitative estimate of drug-likeness (QED) is 0.135. The van der Waals surface area contributed by atoms with Crippen LogP contribution in [0.25, 0.3) is 21.5 Å². The van der Waals surface area contributed by atoms with Gasteiger partial charge in [0.25, 0.3) is 11.4 Å². The summed E-state index contributed by atoms with van der Waals surface area (Å²) in [5.41, 5.74) is 2.20. The van der Waals surface area contributed by atoms with E-state index in [1.165, 1.54) is 24.3 Å². The molecule has 8 heteroatoms. The number of benzene rings is 5. The van der Waals surface area contributed by atoms with E-state index in [1.807, 2.05) is 35.2 Å². The predicted molar refractivity (Wildman–Crippen MR) is 137 cm³/mol. The number of nitrogens with zero attached hydrogens (tertiary/aromatic N) is 3. The van der Waals surface area contributed by atoms with Crippen LogP contribution in [0.2, 0.25) is 0 Å². The molecule has 7 nitrogen and oxygen atoms in total. The van der Waals surface area contributed by atoms with Crippen molar-refractivity contribution in [3.8, 4) is 0 Å². The molecule has 0 aliphatic heterocycles. The first-order valence-corrected chi connectivity index (χ1v) is 11.1. The number of hydrogen-bond donors (Lipinski definition) is 0. The molecule has 0 saturated carbocycles. The molecule has 0 spiro atoms. The Balaban J connectivity index is 1.81. The molecule has 0 bridgehead atoms. The van der Waals surface area contributed by atoms with E-state index in [-0.39, 0.29) is 11.4 Å². The summed E-state index contributed by atoms with van der Waals surface area (Å²) in [7, 11) is 0. The van der Waals surface area contributed by atoms with E-state index in [0.29, 0.717) is 11.4 Å². The fourth-order valence-corrected chi connectivity index (χ4v) is 4.59. The zero-order valence-electron chi connectivity index (χ0n) is 17.6. The Labute approximate surface area is 202 Å². The van der Waals surface area contributed by atoms with Crippen molar-refractivity contribution < 1.29 is 9.85 Å². The molecule has 5 aromatic carbocycles. The summed E-state index contributed by atoms with van der Waals surface area (Å²) in [6, 6.07) is 28.6. The van der Waals surface area contributed by atoms with Gasteiger partial charge in [-0.05, 0) is 52.6 Å². The van der Waals surface area contributed by atoms with Crippen LogP contribution in [0.4, 0.5) is 28.4 Å². The molecule has 0 unspecified atom stereocenters. The van der Waals surface area contributed by atoms with Gasteiger partial charge >= 0.3 is 0 Å². The van der Waals surface area contributed by atoms with Crippen LogP contribution in [-0.2, 0) is 0 Å². The van der Waals surface area contributed by atoms with Gasteiger partial charge in [0.1, 0.15) is 0 Å². The summed E-state index contributed by atoms with van der Waals surface area (Å²) in [6.45, 7) is 0. The summed E-state index contributed by atoms with van der Waals surface area (Å²) < 4.78 is 0.935. The van der Waals surface area contributed by atoms with Crippen LogP contribution in [0.3, 0.4) is 0 Å². The van der Waals surface area contributed by atoms with Crippen molar-refractivity contribution in [1.82, 2.24) is 0 Å². The molecule has 0 saturated heterocycles. The molecule has 0 aliphatic rings. The first-order chi connectivity index (χ1) is 16.4. The predicted octanol–water partition coefficient (Wildman–Crippen LogP) is 8.04. The maximum Gasteiger partial charge on any atom is 0.269 e. The van der Waals surface area contributed by atoms with E-state index >= 15 is 0 Å². The zero-order valence-corrected chi connectivity index (χ0v) is 19.2. The molecule has 0 amide bonds. The Morgan fingerprint density at radius 2 is 1.18 bits per heavy atom. The number of anilines is 3. The maximum absolute atomic E-state index is 11.2. The van der Waals surface area contributed by atoms with Crippen LogP contribution in [-0.4, -0.2) is 9.85 Å². The van der Waals surface area contributed by atoms with E-state index in [0.717, 1.165) is 31.7 Å². The lowest BCUT2D eigenvalue weighted by molar-refractivity contribution is -0.385. The van der Waals surface area contributed by atoms with Crippen LogP contribution in [0.15, 0.2) is 102 Å². The average molecular weight is 514 g/mol. The number of nitro groups is 2. The van der Waals surface area contributed by atoms with Crippen LogP contribution in [0.5, 0.6) is 0 Å². The van der Waals surface area contributed by atoms with Crippen molar-refractivity contribution in [2.75, 3.05) is 4.90 Å². The zero-order chi connectivity index (χ0) is 23.8. The van der Waals surface area contributed by atoms with Gasteiger partial charge in [0, 0.05) is 45.5 Å². The van der Waals surface area contributed by atoms with Crippen molar-refractivity contribution >= 4 is 65.9 Å². The molecule has 34 heavy (non-hydrogen) atoms. The second-order valence-corrected chi connectivity index (χ2v) is 8.51. The van der Waals surface area contributed by atoms with E-state index in [9.17, 15) is 20.2 Å². The summed E-state index contributed by atoms with van der Waals surface area (Å²) in [6.07, 6.45) is 0. The minimum atomic E-state index is -0.442. The van der Waals surface area contributed by atoms with Gasteiger partial charge in [-0.15, -0.1) is 0 Å². The van der Waals surface area contributed by atoms with Crippen molar-refractivity contribution in [2.45, 2.75) is 0 Å². The number of fused-ring (bicyclic) bond motifs is 3. The molecule has 0 N–H and O–H groups in total. The monoisotopic (exact) mass is 513 g/mol. The minimum absolute atomic E-state index is 0.0153. The number of halogens is 1. The molecule has 0 radical (unpaired) electrons. The smallest absolute Gasteiger partial charge is 0.269 e. The highest BCUT2D eigenvalue weighted by Crippen LogP contribution is 2.44. The van der Waals surface area contributed by atoms with Crippen molar-refractivity contribution in [2.24, 2.45) is 0 Å². The molecule has 0 fully saturated rings. The second kappa shape index (κ2) is 8.57. The SMILES string of the molecule is O=[N+]([O-])c1ccc(N(c2ccc([N+](=O)[O-])cc2)c2ccc(Br)c3ccc4ccccc4c23)cc1. The van der Waals surface area contributed by atoms with Gasteiger partial charge < -0.3 is 4.90 Å². The van der Waals surface area contributed by atoms with Crippen LogP contribution >= 0.6 is 15.9 Å². The lowest BCUT2D eigenvalue weighted by Gasteiger charge is -2.27. The summed E-state index contributed by atoms with van der Waals surface area (Å²) in [5, 5.41) is 26.5. The Bertz CT molecular complexity index is 1510. The number of nitro benzene ring substituents is 2. The van der Waals surface area contributed by atoms with Gasteiger partial charge in [0.2, 0.25) is 0 Å². The second-order valence-electron chi connectivity index (χ2n) is 7.66. The Morgan fingerprint density at radius 3 is 1.74 bits per heavy atom. The van der Waals surface area contributed by atoms with Gasteiger partial charge in [0.15, 0.2) is 0 Å². The molecule has 0 heterocycles. The Hall–Kier alpha value is -4.30. The Kier molecular flexibility index (Phi) is 5.43. The highest BCUT2D eigenvalue weighted by Gasteiger charge is 2.20. The lowest BCUT2D eigenvalue weighted by Crippen LogP contribution is -2.11. The Morgan fingerprint density at radius 1 is 0.618 bits per heavy atom. The van der Waals surface area contributed by atoms with Crippen LogP contribution < -0.4 is 4.90 Å². The maximum atomic E-state index is 11.2. The largest absolute Gasteiger partial charge is 0.310 e. The van der Waals surface area contributed by atoms with Gasteiger partial charge in [-0.1, -0.05) is 52.3 Å². The van der Waals surface area contributed by atoms with Crippen molar-refractivity contribution in [3.63, 3.8) is 0 Å². The van der Waals surface area contributed by atoms with Gasteiger partial charge in [-0.25, -0.2) is 0 Å². The molecule has 5 aromatic rings. The molecule has 0 aromatic heterocycles. The topological polar surface area (TPSA) is 89.5 Å². The lowest BCUT2D eigenvalue weighted by atomic mass is 9.99. The molecule has 0 atom stereocenters. The number of hydrogen-bond acceptors (Lipinski definition) is 5. The number of rotatable bonds is 5. The summed E-state index contributed by atoms with van der Waals surface area (Å²) in [5.74, 6) is 0. The third kappa shape index (κ3) is 3.74. The van der Waals surface area contributed by atoms with Crippen molar-refractivity contribution in [1.29, 1.82) is 0 Å². The van der Waals surface area contributed by atoms with E-state index in [2.05, 4.69) is 34.1 Å². The van der Waals surface area contributed by atoms with E-state index in [1.54, 1.807) is 24.3 Å². The molecule has 0 aliphatic carbocycles. The van der Waals surface area contributed by atoms with E-state index in [4.69, 9.17) is 0 Å². The van der Waals surface area contributed by atoms with Crippen molar-refractivity contribution in [3.05, 3.63) is 122 Å². The summed E-state index contributed by atoms with van der Waals surface area (Å²) >= 11 is 3.66. The highest BCUT2D eigenvalue weighted by atomic mass is 79.9. The fraction of sp³-hybridized carbons (Fsp3) is 0. The van der Waals surface area contributed by atoms with Gasteiger partial charge in [-0.2, -0.15) is 0 Å². The number of non-ortho nitro benzene ring substituents is 2. The third-order valence-corrected chi connectivity index (χ3v) is 6.40. The standard InChI is InChI=1S/C26H16BrN3O4/c27-24-15-16-25(26-22-4-2-1-3-17(22)5-14-23(24)26)28(18-6-10-20(11-7-18)29(31)32)19-8-12-21(13-9-19)30(33)34/h1-16H. The van der Waals surface area contributed by atoms with Crippen LogP contribution in [0.1, 0.15) is 0 Å². The minimum Gasteiger partial charge on any atom is -0.310 e. The fourth-order valence-electron chi connectivity index (χ4n) is 4.13. The molecular formula is C26H16BrN3O4. The first-order valence-electron chi connectivity index (χ1n) is 10.3. The normalized spacial score (nSPS) is 11.0. The summed E-state index contributed by atoms with van der Waals surface area (Å²) in [4.78, 5) is 23.5. The molecule has 5 rings (SSSR count). The first kappa shape index (κ1) is 21.5. The molecule has 166 valence electrons.